The molecule has 0 spiro atoms. The number of rotatable bonds is 5. The van der Waals surface area contributed by atoms with Crippen molar-refractivity contribution in [3.63, 3.8) is 0 Å². The number of hydrogen-bond donors (Lipinski definition) is 0. The third-order valence-corrected chi connectivity index (χ3v) is 4.44. The van der Waals surface area contributed by atoms with Gasteiger partial charge < -0.3 is 4.65 Å². The zero-order valence-electron chi connectivity index (χ0n) is 11.0. The number of hydrogen-bond acceptors (Lipinski definition) is 2. The van der Waals surface area contributed by atoms with Gasteiger partial charge in [-0.3, -0.25) is 0 Å². The van der Waals surface area contributed by atoms with Gasteiger partial charge in [-0.25, -0.2) is 0 Å². The van der Waals surface area contributed by atoms with Crippen molar-refractivity contribution in [2.45, 2.75) is 51.8 Å². The van der Waals surface area contributed by atoms with Gasteiger partial charge in [-0.2, -0.15) is 11.3 Å². The molecule has 1 aromatic rings. The van der Waals surface area contributed by atoms with E-state index in [1.807, 2.05) is 11.3 Å². The fraction of sp³-hybridized carbons (Fsp3) is 0.714. The molecule has 1 aliphatic rings. The van der Waals surface area contributed by atoms with Crippen molar-refractivity contribution in [2.75, 3.05) is 6.61 Å². The Balaban J connectivity index is 2.01. The van der Waals surface area contributed by atoms with Crippen LogP contribution in [0.1, 0.15) is 46.0 Å². The van der Waals surface area contributed by atoms with Crippen molar-refractivity contribution in [3.05, 3.63) is 17.5 Å². The minimum absolute atomic E-state index is 0.359. The second-order valence-electron chi connectivity index (χ2n) is 5.56. The van der Waals surface area contributed by atoms with Gasteiger partial charge in [0.25, 0.3) is 0 Å². The molecule has 1 nitrogen and oxygen atoms in total. The molecule has 0 saturated heterocycles. The molecule has 1 heterocycles. The summed E-state index contributed by atoms with van der Waals surface area (Å²) < 4.78 is 7.63. The van der Waals surface area contributed by atoms with Gasteiger partial charge in [-0.05, 0) is 17.1 Å². The molecule has 0 bridgehead atoms. The first-order valence-electron chi connectivity index (χ1n) is 6.92. The Morgan fingerprint density at radius 2 is 2.12 bits per heavy atom. The average Bonchev–Trinajstić information content (AvgIpc) is 2.84. The van der Waals surface area contributed by atoms with Crippen molar-refractivity contribution in [1.29, 1.82) is 0 Å². The quantitative estimate of drug-likeness (QED) is 0.719. The summed E-state index contributed by atoms with van der Waals surface area (Å²) in [6, 6.07) is 4.39. The van der Waals surface area contributed by atoms with Gasteiger partial charge in [0.15, 0.2) is 0 Å². The summed E-state index contributed by atoms with van der Waals surface area (Å²) in [5, 5.41) is 2.17. The van der Waals surface area contributed by atoms with E-state index in [2.05, 4.69) is 31.4 Å². The van der Waals surface area contributed by atoms with Crippen LogP contribution in [0.25, 0.3) is 0 Å². The summed E-state index contributed by atoms with van der Waals surface area (Å²) in [5.41, 5.74) is 0. The molecule has 3 heteroatoms. The van der Waals surface area contributed by atoms with Gasteiger partial charge >= 0.3 is 6.92 Å². The zero-order valence-corrected chi connectivity index (χ0v) is 11.8. The van der Waals surface area contributed by atoms with E-state index in [-0.39, 0.29) is 0 Å². The molecule has 0 unspecified atom stereocenters. The smallest absolute Gasteiger partial charge is 0.340 e. The van der Waals surface area contributed by atoms with E-state index in [4.69, 9.17) is 4.65 Å². The van der Waals surface area contributed by atoms with Gasteiger partial charge in [-0.15, -0.1) is 0 Å². The van der Waals surface area contributed by atoms with E-state index in [0.717, 1.165) is 12.4 Å². The first-order valence-corrected chi connectivity index (χ1v) is 7.80. The highest BCUT2D eigenvalue weighted by atomic mass is 32.1. The monoisotopic (exact) mass is 250 g/mol. The molecule has 2 rings (SSSR count). The first kappa shape index (κ1) is 13.2. The largest absolute Gasteiger partial charge is 0.430 e. The lowest BCUT2D eigenvalue weighted by atomic mass is 9.50. The van der Waals surface area contributed by atoms with Gasteiger partial charge in [0.05, 0.1) is 0 Å². The lowest BCUT2D eigenvalue weighted by Gasteiger charge is -2.27. The van der Waals surface area contributed by atoms with E-state index in [1.165, 1.54) is 36.9 Å². The predicted octanol–water partition coefficient (Wildman–Crippen LogP) is 3.95. The normalized spacial score (nSPS) is 17.6. The summed E-state index contributed by atoms with van der Waals surface area (Å²) in [5.74, 6) is 1.38. The van der Waals surface area contributed by atoms with Crippen molar-refractivity contribution in [1.82, 2.24) is 0 Å². The van der Waals surface area contributed by atoms with Gasteiger partial charge in [0.2, 0.25) is 0 Å². The first-order chi connectivity index (χ1) is 8.27. The van der Waals surface area contributed by atoms with Crippen molar-refractivity contribution < 1.29 is 4.65 Å². The van der Waals surface area contributed by atoms with E-state index < -0.39 is 0 Å². The van der Waals surface area contributed by atoms with Crippen LogP contribution in [0.15, 0.2) is 17.5 Å². The highest BCUT2D eigenvalue weighted by Crippen LogP contribution is 2.32. The van der Waals surface area contributed by atoms with Crippen LogP contribution in [0, 0.1) is 5.92 Å². The van der Waals surface area contributed by atoms with Gasteiger partial charge in [-0.1, -0.05) is 58.1 Å². The van der Waals surface area contributed by atoms with Crippen LogP contribution in [0.4, 0.5) is 0 Å². The molecular weight excluding hydrogens is 227 g/mol. The van der Waals surface area contributed by atoms with Crippen LogP contribution in [0.2, 0.25) is 5.82 Å². The van der Waals surface area contributed by atoms with Crippen LogP contribution in [0.3, 0.4) is 0 Å². The molecule has 0 N–H and O–H groups in total. The van der Waals surface area contributed by atoms with E-state index in [1.54, 1.807) is 0 Å². The standard InChI is InChI=1S/C14H23BOS/c1-12(2)11-16-15(14-9-6-10-17-14)13-7-4-3-5-8-13/h6,9-10,12-13H,3-5,7-8,11H2,1-2H3. The fourth-order valence-corrected chi connectivity index (χ4v) is 3.50. The predicted molar refractivity (Wildman–Crippen MR) is 77.3 cm³/mol. The van der Waals surface area contributed by atoms with E-state index in [9.17, 15) is 0 Å². The second kappa shape index (κ2) is 6.60. The maximum absolute atomic E-state index is 6.20. The molecule has 0 aliphatic heterocycles. The minimum Gasteiger partial charge on any atom is -0.430 e. The van der Waals surface area contributed by atoms with Crippen LogP contribution in [-0.4, -0.2) is 13.5 Å². The SMILES string of the molecule is CC(C)COB(c1cccs1)C1CCCCC1. The Hall–Kier alpha value is -0.275. The molecule has 0 aromatic carbocycles. The summed E-state index contributed by atoms with van der Waals surface area (Å²) in [7, 11) is 0. The third kappa shape index (κ3) is 3.85. The Kier molecular flexibility index (Phi) is 5.11. The molecule has 0 radical (unpaired) electrons. The fourth-order valence-electron chi connectivity index (χ4n) is 2.64. The molecule has 1 saturated carbocycles. The van der Waals surface area contributed by atoms with Crippen LogP contribution in [-0.2, 0) is 4.65 Å². The van der Waals surface area contributed by atoms with E-state index in [0.29, 0.717) is 12.8 Å². The summed E-state index contributed by atoms with van der Waals surface area (Å²) in [4.78, 5) is 0. The highest BCUT2D eigenvalue weighted by molar-refractivity contribution is 7.21. The second-order valence-corrected chi connectivity index (χ2v) is 6.54. The molecule has 1 fully saturated rings. The summed E-state index contributed by atoms with van der Waals surface area (Å²) in [6.45, 7) is 5.70. The Bertz CT molecular complexity index is 304. The van der Waals surface area contributed by atoms with Crippen molar-refractivity contribution in [2.24, 2.45) is 5.92 Å². The molecule has 1 aromatic heterocycles. The Labute approximate surface area is 110 Å². The zero-order chi connectivity index (χ0) is 12.1. The van der Waals surface area contributed by atoms with Crippen LogP contribution < -0.4 is 4.78 Å². The third-order valence-electron chi connectivity index (χ3n) is 3.51. The maximum Gasteiger partial charge on any atom is 0.340 e. The molecule has 0 amide bonds. The topological polar surface area (TPSA) is 9.23 Å². The summed E-state index contributed by atoms with van der Waals surface area (Å²) in [6.07, 6.45) is 6.88. The van der Waals surface area contributed by atoms with Gasteiger partial charge in [0, 0.05) is 11.4 Å². The van der Waals surface area contributed by atoms with Gasteiger partial charge in [0.1, 0.15) is 0 Å². The molecule has 0 atom stereocenters. The minimum atomic E-state index is 0.359. The molecular formula is C14H23BOS. The summed E-state index contributed by atoms with van der Waals surface area (Å²) >= 11 is 1.85. The Morgan fingerprint density at radius 1 is 1.35 bits per heavy atom. The Morgan fingerprint density at radius 3 is 2.71 bits per heavy atom. The van der Waals surface area contributed by atoms with Crippen LogP contribution >= 0.6 is 11.3 Å². The average molecular weight is 250 g/mol. The molecule has 1 aliphatic carbocycles. The lowest BCUT2D eigenvalue weighted by molar-refractivity contribution is 0.265. The molecule has 94 valence electrons. The molecule has 17 heavy (non-hydrogen) atoms. The van der Waals surface area contributed by atoms with Crippen molar-refractivity contribution >= 4 is 23.0 Å². The van der Waals surface area contributed by atoms with Crippen molar-refractivity contribution in [3.8, 4) is 0 Å². The van der Waals surface area contributed by atoms with E-state index >= 15 is 0 Å². The lowest BCUT2D eigenvalue weighted by Crippen LogP contribution is -2.38. The highest BCUT2D eigenvalue weighted by Gasteiger charge is 2.31. The van der Waals surface area contributed by atoms with Crippen LogP contribution in [0.5, 0.6) is 0 Å². The maximum atomic E-state index is 6.20. The number of thiophene rings is 1.